The number of hydrogen-bond acceptors (Lipinski definition) is 6. The molecule has 2 aromatic rings. The first kappa shape index (κ1) is 12.3. The molecule has 0 radical (unpaired) electrons. The Labute approximate surface area is 111 Å². The zero-order valence-electron chi connectivity index (χ0n) is 9.31. The number of aromatic nitrogens is 4. The molecule has 8 heteroatoms. The predicted molar refractivity (Wildman–Crippen MR) is 69.6 cm³/mol. The molecule has 0 atom stereocenters. The van der Waals surface area contributed by atoms with Gasteiger partial charge in [0.2, 0.25) is 0 Å². The number of nitrogens with zero attached hydrogens (tertiary/aromatic N) is 4. The van der Waals surface area contributed by atoms with E-state index < -0.39 is 0 Å². The van der Waals surface area contributed by atoms with Crippen molar-refractivity contribution in [1.29, 1.82) is 0 Å². The van der Waals surface area contributed by atoms with E-state index in [1.54, 1.807) is 0 Å². The Kier molecular flexibility index (Phi) is 3.65. The number of hydrogen-bond donors (Lipinski definition) is 2. The largest absolute Gasteiger partial charge is 0.307 e. The van der Waals surface area contributed by atoms with Crippen LogP contribution >= 0.6 is 27.7 Å². The summed E-state index contributed by atoms with van der Waals surface area (Å²) in [5.41, 5.74) is 3.48. The third-order valence-corrected chi connectivity index (χ3v) is 4.16. The molecule has 0 aromatic carbocycles. The van der Waals surface area contributed by atoms with E-state index in [1.165, 1.54) is 18.1 Å². The highest BCUT2D eigenvalue weighted by Crippen LogP contribution is 2.34. The van der Waals surface area contributed by atoms with Crippen molar-refractivity contribution in [2.45, 2.75) is 17.0 Å². The van der Waals surface area contributed by atoms with Crippen LogP contribution in [0.3, 0.4) is 0 Å². The molecule has 2 heterocycles. The minimum Gasteiger partial charge on any atom is -0.307 e. The van der Waals surface area contributed by atoms with Crippen LogP contribution in [0.1, 0.15) is 5.69 Å². The van der Waals surface area contributed by atoms with Gasteiger partial charge >= 0.3 is 0 Å². The maximum atomic E-state index is 5.35. The Bertz CT molecular complexity index is 540. The van der Waals surface area contributed by atoms with Crippen LogP contribution in [0.5, 0.6) is 0 Å². The van der Waals surface area contributed by atoms with Gasteiger partial charge in [0.05, 0.1) is 10.2 Å². The smallest absolute Gasteiger partial charge is 0.158 e. The topological polar surface area (TPSA) is 81.6 Å². The summed E-state index contributed by atoms with van der Waals surface area (Å²) in [4.78, 5) is 8.20. The van der Waals surface area contributed by atoms with Crippen LogP contribution in [-0.4, -0.2) is 19.7 Å². The monoisotopic (exact) mass is 314 g/mol. The molecule has 3 N–H and O–H groups in total. The van der Waals surface area contributed by atoms with E-state index in [0.29, 0.717) is 5.82 Å². The fourth-order valence-electron chi connectivity index (χ4n) is 1.31. The molecule has 0 spiro atoms. The molecule has 0 saturated heterocycles. The summed E-state index contributed by atoms with van der Waals surface area (Å²) in [6.45, 7) is 1.95. The number of nitrogens with two attached hydrogens (primary N) is 1. The lowest BCUT2D eigenvalue weighted by Gasteiger charge is -2.06. The van der Waals surface area contributed by atoms with Crippen LogP contribution in [0.2, 0.25) is 0 Å². The summed E-state index contributed by atoms with van der Waals surface area (Å²) >= 11 is 4.91. The minimum atomic E-state index is 0.557. The molecule has 17 heavy (non-hydrogen) atoms. The van der Waals surface area contributed by atoms with Crippen molar-refractivity contribution in [2.24, 2.45) is 12.9 Å². The van der Waals surface area contributed by atoms with E-state index in [4.69, 9.17) is 5.84 Å². The number of rotatable bonds is 3. The number of anilines is 1. The first-order valence-corrected chi connectivity index (χ1v) is 6.38. The van der Waals surface area contributed by atoms with Crippen LogP contribution in [0.4, 0.5) is 5.82 Å². The van der Waals surface area contributed by atoms with Gasteiger partial charge in [-0.05, 0) is 40.7 Å². The molecule has 2 aromatic heterocycles. The molecule has 6 nitrogen and oxygen atoms in total. The summed E-state index contributed by atoms with van der Waals surface area (Å²) < 4.78 is 2.55. The molecule has 0 aliphatic carbocycles. The fraction of sp³-hybridized carbons (Fsp3) is 0.222. The van der Waals surface area contributed by atoms with Crippen LogP contribution < -0.4 is 11.3 Å². The normalized spacial score (nSPS) is 10.6. The predicted octanol–water partition coefficient (Wildman–Crippen LogP) is 1.72. The highest BCUT2D eigenvalue weighted by Gasteiger charge is 2.11. The number of nitrogens with one attached hydrogen (secondary N) is 1. The summed E-state index contributed by atoms with van der Waals surface area (Å²) in [7, 11) is 1.90. The van der Waals surface area contributed by atoms with Crippen LogP contribution in [-0.2, 0) is 7.05 Å². The summed E-state index contributed by atoms with van der Waals surface area (Å²) in [5.74, 6) is 5.91. The molecular weight excluding hydrogens is 304 g/mol. The average Bonchev–Trinajstić information content (AvgIpc) is 2.60. The Morgan fingerprint density at radius 3 is 2.82 bits per heavy atom. The quantitative estimate of drug-likeness (QED) is 0.510. The first-order valence-electron chi connectivity index (χ1n) is 4.77. The third kappa shape index (κ3) is 2.59. The summed E-state index contributed by atoms with van der Waals surface area (Å²) in [6.07, 6.45) is 1.46. The number of hydrazine groups is 1. The maximum absolute atomic E-state index is 5.35. The van der Waals surface area contributed by atoms with Crippen molar-refractivity contribution in [3.8, 4) is 0 Å². The molecule has 0 saturated carbocycles. The molecule has 0 unspecified atom stereocenters. The van der Waals surface area contributed by atoms with Gasteiger partial charge in [0, 0.05) is 7.05 Å². The number of nitrogen functional groups attached to an aromatic ring is 1. The standard InChI is InChI=1S/C9H11BrN6S/c1-5-3-6(16(2)15-5)17-9-7(10)8(14-11)12-4-13-9/h3-4H,11H2,1-2H3,(H,12,13,14). The zero-order valence-corrected chi connectivity index (χ0v) is 11.7. The summed E-state index contributed by atoms with van der Waals surface area (Å²) in [5, 5.41) is 6.07. The second-order valence-electron chi connectivity index (χ2n) is 3.34. The van der Waals surface area contributed by atoms with Crippen molar-refractivity contribution in [2.75, 3.05) is 5.43 Å². The SMILES string of the molecule is Cc1cc(Sc2ncnc(NN)c2Br)n(C)n1. The molecular formula is C9H11BrN6S. The second-order valence-corrected chi connectivity index (χ2v) is 5.14. The van der Waals surface area contributed by atoms with Gasteiger partial charge in [-0.2, -0.15) is 5.10 Å². The lowest BCUT2D eigenvalue weighted by atomic mass is 10.5. The van der Waals surface area contributed by atoms with E-state index in [1.807, 2.05) is 24.7 Å². The van der Waals surface area contributed by atoms with Crippen LogP contribution in [0, 0.1) is 6.92 Å². The number of aryl methyl sites for hydroxylation is 2. The van der Waals surface area contributed by atoms with Crippen LogP contribution in [0.15, 0.2) is 26.9 Å². The van der Waals surface area contributed by atoms with Crippen molar-refractivity contribution >= 4 is 33.5 Å². The van der Waals surface area contributed by atoms with Crippen molar-refractivity contribution in [3.05, 3.63) is 22.6 Å². The van der Waals surface area contributed by atoms with Crippen LogP contribution in [0.25, 0.3) is 0 Å². The average molecular weight is 315 g/mol. The second kappa shape index (κ2) is 5.03. The van der Waals surface area contributed by atoms with Crippen molar-refractivity contribution in [3.63, 3.8) is 0 Å². The molecule has 0 aliphatic heterocycles. The Morgan fingerprint density at radius 2 is 2.24 bits per heavy atom. The van der Waals surface area contributed by atoms with E-state index in [9.17, 15) is 0 Å². The van der Waals surface area contributed by atoms with E-state index >= 15 is 0 Å². The van der Waals surface area contributed by atoms with Gasteiger partial charge in [0.25, 0.3) is 0 Å². The van der Waals surface area contributed by atoms with Gasteiger partial charge in [-0.1, -0.05) is 0 Å². The maximum Gasteiger partial charge on any atom is 0.158 e. The summed E-state index contributed by atoms with van der Waals surface area (Å²) in [6, 6.07) is 1.99. The Balaban J connectivity index is 2.33. The van der Waals surface area contributed by atoms with Gasteiger partial charge < -0.3 is 5.43 Å². The van der Waals surface area contributed by atoms with Gasteiger partial charge in [-0.15, -0.1) is 0 Å². The molecule has 0 amide bonds. The van der Waals surface area contributed by atoms with E-state index in [-0.39, 0.29) is 0 Å². The Morgan fingerprint density at radius 1 is 1.47 bits per heavy atom. The third-order valence-electron chi connectivity index (χ3n) is 2.05. The van der Waals surface area contributed by atoms with E-state index in [0.717, 1.165) is 20.2 Å². The minimum absolute atomic E-state index is 0.557. The van der Waals surface area contributed by atoms with Crippen molar-refractivity contribution in [1.82, 2.24) is 19.7 Å². The van der Waals surface area contributed by atoms with Crippen molar-refractivity contribution < 1.29 is 0 Å². The molecule has 0 aliphatic rings. The zero-order chi connectivity index (χ0) is 12.4. The molecule has 0 bridgehead atoms. The number of halogens is 1. The van der Waals surface area contributed by atoms with E-state index in [2.05, 4.69) is 36.4 Å². The molecule has 2 rings (SSSR count). The van der Waals surface area contributed by atoms with Gasteiger partial charge in [0.1, 0.15) is 16.4 Å². The Hall–Kier alpha value is -1.12. The highest BCUT2D eigenvalue weighted by molar-refractivity contribution is 9.10. The molecule has 0 fully saturated rings. The van der Waals surface area contributed by atoms with Gasteiger partial charge in [0.15, 0.2) is 5.82 Å². The lowest BCUT2D eigenvalue weighted by molar-refractivity contribution is 0.692. The lowest BCUT2D eigenvalue weighted by Crippen LogP contribution is -2.09. The first-order chi connectivity index (χ1) is 8.11. The molecule has 90 valence electrons. The highest BCUT2D eigenvalue weighted by atomic mass is 79.9. The fourth-order valence-corrected chi connectivity index (χ4v) is 2.76. The van der Waals surface area contributed by atoms with Gasteiger partial charge in [-0.3, -0.25) is 4.68 Å². The van der Waals surface area contributed by atoms with Gasteiger partial charge in [-0.25, -0.2) is 15.8 Å².